The van der Waals surface area contributed by atoms with E-state index < -0.39 is 11.9 Å². The van der Waals surface area contributed by atoms with Crippen molar-refractivity contribution >= 4 is 12.0 Å². The number of nitrogens with one attached hydrogen (secondary N) is 1. The molecule has 0 bridgehead atoms. The molecule has 2 aliphatic rings. The molecule has 1 heterocycles. The van der Waals surface area contributed by atoms with Gasteiger partial charge < -0.3 is 15.3 Å². The molecule has 0 radical (unpaired) electrons. The molecule has 2 fully saturated rings. The van der Waals surface area contributed by atoms with Crippen LogP contribution in [-0.4, -0.2) is 65.2 Å². The van der Waals surface area contributed by atoms with Gasteiger partial charge in [0, 0.05) is 38.3 Å². The molecule has 2 unspecified atom stereocenters. The predicted octanol–water partition coefficient (Wildman–Crippen LogP) is 1.37. The Kier molecular flexibility index (Phi) is 5.45. The number of aliphatic carboxylic acids is 1. The van der Waals surface area contributed by atoms with E-state index in [2.05, 4.69) is 24.1 Å². The number of carboxylic acids is 1. The lowest BCUT2D eigenvalue weighted by Crippen LogP contribution is -2.56. The number of urea groups is 1. The molecule has 1 saturated carbocycles. The summed E-state index contributed by atoms with van der Waals surface area (Å²) in [6.45, 7) is 7.53. The maximum absolute atomic E-state index is 12.3. The number of carbonyl (C=O) groups excluding carboxylic acids is 1. The van der Waals surface area contributed by atoms with Gasteiger partial charge in [-0.2, -0.15) is 0 Å². The van der Waals surface area contributed by atoms with Crippen molar-refractivity contribution in [3.8, 4) is 0 Å². The second kappa shape index (κ2) is 7.11. The summed E-state index contributed by atoms with van der Waals surface area (Å²) in [5.41, 5.74) is 0. The first kappa shape index (κ1) is 16.1. The normalized spacial score (nSPS) is 27.7. The largest absolute Gasteiger partial charge is 0.481 e. The summed E-state index contributed by atoms with van der Waals surface area (Å²) in [5.74, 6) is -1.22. The first-order valence-corrected chi connectivity index (χ1v) is 8.01. The monoisotopic (exact) mass is 297 g/mol. The van der Waals surface area contributed by atoms with Gasteiger partial charge in [-0.05, 0) is 26.7 Å². The number of piperazine rings is 1. The van der Waals surface area contributed by atoms with E-state index in [9.17, 15) is 14.7 Å². The van der Waals surface area contributed by atoms with Crippen molar-refractivity contribution in [2.75, 3.05) is 26.2 Å². The zero-order chi connectivity index (χ0) is 15.4. The molecule has 120 valence electrons. The minimum Gasteiger partial charge on any atom is -0.481 e. The van der Waals surface area contributed by atoms with Gasteiger partial charge in [-0.25, -0.2) is 4.79 Å². The van der Waals surface area contributed by atoms with Crippen LogP contribution in [0, 0.1) is 5.92 Å². The highest BCUT2D eigenvalue weighted by Gasteiger charge is 2.33. The SMILES string of the molecule is CC(C)N1CCN(C(=O)NC2CCCCC2C(=O)O)CC1. The van der Waals surface area contributed by atoms with E-state index in [1.54, 1.807) is 0 Å². The van der Waals surface area contributed by atoms with Crippen LogP contribution in [0.1, 0.15) is 39.5 Å². The van der Waals surface area contributed by atoms with Crippen LogP contribution in [0.5, 0.6) is 0 Å². The Bertz CT molecular complexity index is 378. The zero-order valence-corrected chi connectivity index (χ0v) is 13.0. The summed E-state index contributed by atoms with van der Waals surface area (Å²) >= 11 is 0. The maximum Gasteiger partial charge on any atom is 0.317 e. The Morgan fingerprint density at radius 3 is 2.29 bits per heavy atom. The smallest absolute Gasteiger partial charge is 0.317 e. The molecule has 2 amide bonds. The van der Waals surface area contributed by atoms with Gasteiger partial charge in [0.2, 0.25) is 0 Å². The average Bonchev–Trinajstić information content (AvgIpc) is 2.47. The number of amides is 2. The van der Waals surface area contributed by atoms with Crippen molar-refractivity contribution in [3.63, 3.8) is 0 Å². The molecule has 1 aliphatic heterocycles. The van der Waals surface area contributed by atoms with Gasteiger partial charge in [0.1, 0.15) is 0 Å². The Morgan fingerprint density at radius 2 is 1.71 bits per heavy atom. The Labute approximate surface area is 126 Å². The third kappa shape index (κ3) is 4.09. The molecule has 2 atom stereocenters. The summed E-state index contributed by atoms with van der Waals surface area (Å²) in [6, 6.07) is 0.188. The van der Waals surface area contributed by atoms with Crippen LogP contribution < -0.4 is 5.32 Å². The number of carboxylic acid groups (broad SMARTS) is 1. The van der Waals surface area contributed by atoms with E-state index in [1.165, 1.54) is 0 Å². The quantitative estimate of drug-likeness (QED) is 0.825. The lowest BCUT2D eigenvalue weighted by molar-refractivity contribution is -0.143. The van der Waals surface area contributed by atoms with Gasteiger partial charge in [-0.15, -0.1) is 0 Å². The lowest BCUT2D eigenvalue weighted by Gasteiger charge is -2.38. The molecular formula is C15H27N3O3. The van der Waals surface area contributed by atoms with E-state index in [1.807, 2.05) is 4.90 Å². The molecule has 1 saturated heterocycles. The second-order valence-electron chi connectivity index (χ2n) is 6.40. The van der Waals surface area contributed by atoms with Crippen molar-refractivity contribution in [1.82, 2.24) is 15.1 Å². The van der Waals surface area contributed by atoms with E-state index in [0.717, 1.165) is 32.4 Å². The van der Waals surface area contributed by atoms with E-state index in [0.29, 0.717) is 25.6 Å². The molecule has 2 N–H and O–H groups in total. The summed E-state index contributed by atoms with van der Waals surface area (Å²) < 4.78 is 0. The van der Waals surface area contributed by atoms with Crippen molar-refractivity contribution < 1.29 is 14.7 Å². The third-order valence-electron chi connectivity index (χ3n) is 4.72. The van der Waals surface area contributed by atoms with Crippen molar-refractivity contribution in [3.05, 3.63) is 0 Å². The fourth-order valence-corrected chi connectivity index (χ4v) is 3.29. The molecule has 6 heteroatoms. The Balaban J connectivity index is 1.85. The molecule has 0 aromatic rings. The fraction of sp³-hybridized carbons (Fsp3) is 0.867. The molecule has 6 nitrogen and oxygen atoms in total. The van der Waals surface area contributed by atoms with Crippen LogP contribution in [-0.2, 0) is 4.79 Å². The highest BCUT2D eigenvalue weighted by atomic mass is 16.4. The summed E-state index contributed by atoms with van der Waals surface area (Å²) in [7, 11) is 0. The van der Waals surface area contributed by atoms with Crippen LogP contribution in [0.2, 0.25) is 0 Å². The van der Waals surface area contributed by atoms with Crippen LogP contribution in [0.4, 0.5) is 4.79 Å². The van der Waals surface area contributed by atoms with E-state index >= 15 is 0 Å². The third-order valence-corrected chi connectivity index (χ3v) is 4.72. The summed E-state index contributed by atoms with van der Waals surface area (Å²) in [6.07, 6.45) is 3.38. The lowest BCUT2D eigenvalue weighted by atomic mass is 9.84. The van der Waals surface area contributed by atoms with Crippen LogP contribution in [0.3, 0.4) is 0 Å². The van der Waals surface area contributed by atoms with Gasteiger partial charge >= 0.3 is 12.0 Å². The number of rotatable bonds is 3. The van der Waals surface area contributed by atoms with Gasteiger partial charge in [-0.1, -0.05) is 12.8 Å². The average molecular weight is 297 g/mol. The molecule has 0 aromatic carbocycles. The standard InChI is InChI=1S/C15H27N3O3/c1-11(2)17-7-9-18(10-8-17)15(21)16-13-6-4-3-5-12(13)14(19)20/h11-13H,3-10H2,1-2H3,(H,16,21)(H,19,20). The van der Waals surface area contributed by atoms with Crippen molar-refractivity contribution in [2.45, 2.75) is 51.6 Å². The molecule has 21 heavy (non-hydrogen) atoms. The maximum atomic E-state index is 12.3. The molecular weight excluding hydrogens is 270 g/mol. The van der Waals surface area contributed by atoms with Crippen LogP contribution in [0.25, 0.3) is 0 Å². The highest BCUT2D eigenvalue weighted by molar-refractivity contribution is 5.77. The summed E-state index contributed by atoms with van der Waals surface area (Å²) in [4.78, 5) is 27.7. The number of hydrogen-bond acceptors (Lipinski definition) is 3. The van der Waals surface area contributed by atoms with Gasteiger partial charge in [0.25, 0.3) is 0 Å². The number of nitrogens with zero attached hydrogens (tertiary/aromatic N) is 2. The van der Waals surface area contributed by atoms with Crippen molar-refractivity contribution in [1.29, 1.82) is 0 Å². The van der Waals surface area contributed by atoms with Crippen molar-refractivity contribution in [2.24, 2.45) is 5.92 Å². The fourth-order valence-electron chi connectivity index (χ4n) is 3.29. The molecule has 0 spiro atoms. The van der Waals surface area contributed by atoms with Gasteiger partial charge in [0.15, 0.2) is 0 Å². The Morgan fingerprint density at radius 1 is 1.10 bits per heavy atom. The molecule has 0 aromatic heterocycles. The number of carbonyl (C=O) groups is 2. The first-order valence-electron chi connectivity index (χ1n) is 8.01. The zero-order valence-electron chi connectivity index (χ0n) is 13.0. The predicted molar refractivity (Wildman–Crippen MR) is 80.2 cm³/mol. The highest BCUT2D eigenvalue weighted by Crippen LogP contribution is 2.25. The molecule has 1 aliphatic carbocycles. The van der Waals surface area contributed by atoms with E-state index in [-0.39, 0.29) is 12.1 Å². The van der Waals surface area contributed by atoms with Crippen LogP contribution in [0.15, 0.2) is 0 Å². The van der Waals surface area contributed by atoms with Gasteiger partial charge in [-0.3, -0.25) is 9.69 Å². The minimum absolute atomic E-state index is 0.100. The second-order valence-corrected chi connectivity index (χ2v) is 6.40. The van der Waals surface area contributed by atoms with Crippen LogP contribution >= 0.6 is 0 Å². The van der Waals surface area contributed by atoms with Gasteiger partial charge in [0.05, 0.1) is 5.92 Å². The number of hydrogen-bond donors (Lipinski definition) is 2. The first-order chi connectivity index (χ1) is 9.99. The summed E-state index contributed by atoms with van der Waals surface area (Å²) in [5, 5.41) is 12.2. The Hall–Kier alpha value is -1.30. The van der Waals surface area contributed by atoms with E-state index in [4.69, 9.17) is 0 Å². The molecule has 2 rings (SSSR count). The topological polar surface area (TPSA) is 72.9 Å². The minimum atomic E-state index is -0.787.